The summed E-state index contributed by atoms with van der Waals surface area (Å²) in [6.45, 7) is 17.3. The molecule has 0 nitrogen and oxygen atoms in total. The van der Waals surface area contributed by atoms with Crippen LogP contribution in [-0.2, 0) is 0 Å². The Kier molecular flexibility index (Phi) is 4.79. The lowest BCUT2D eigenvalue weighted by Gasteiger charge is -2.29. The van der Waals surface area contributed by atoms with Gasteiger partial charge in [-0.2, -0.15) is 0 Å². The molecule has 1 aliphatic rings. The molecule has 0 aromatic rings. The summed E-state index contributed by atoms with van der Waals surface area (Å²) < 4.78 is 0. The van der Waals surface area contributed by atoms with E-state index in [1.807, 2.05) is 6.08 Å². The molecule has 0 radical (unpaired) electrons. The monoisotopic (exact) mass is 256 g/mol. The van der Waals surface area contributed by atoms with Crippen LogP contribution in [-0.4, -0.2) is 0 Å². The van der Waals surface area contributed by atoms with Gasteiger partial charge in [-0.25, -0.2) is 0 Å². The maximum Gasteiger partial charge on any atom is 0.0179 e. The second-order valence-electron chi connectivity index (χ2n) is 6.16. The summed E-state index contributed by atoms with van der Waals surface area (Å²) in [4.78, 5) is 0. The minimum absolute atomic E-state index is 0.106. The van der Waals surface area contributed by atoms with Crippen LogP contribution in [0.5, 0.6) is 0 Å². The van der Waals surface area contributed by atoms with Crippen molar-refractivity contribution in [2.45, 2.75) is 48.0 Å². The number of allylic oxidation sites excluding steroid dienone is 9. The summed E-state index contributed by atoms with van der Waals surface area (Å²) in [7, 11) is 0. The van der Waals surface area contributed by atoms with Gasteiger partial charge in [-0.3, -0.25) is 0 Å². The smallest absolute Gasteiger partial charge is 0.0179 e. The zero-order valence-electron chi connectivity index (χ0n) is 13.4. The van der Waals surface area contributed by atoms with Gasteiger partial charge in [-0.05, 0) is 49.3 Å². The van der Waals surface area contributed by atoms with Crippen LogP contribution in [0, 0.1) is 10.8 Å². The van der Waals surface area contributed by atoms with Crippen LogP contribution in [0.15, 0.2) is 59.8 Å². The van der Waals surface area contributed by atoms with E-state index in [4.69, 9.17) is 0 Å². The Labute approximate surface area is 119 Å². The first kappa shape index (κ1) is 15.8. The van der Waals surface area contributed by atoms with Gasteiger partial charge in [-0.1, -0.05) is 63.8 Å². The molecule has 0 aliphatic heterocycles. The van der Waals surface area contributed by atoms with E-state index in [9.17, 15) is 0 Å². The van der Waals surface area contributed by atoms with Crippen LogP contribution in [0.2, 0.25) is 0 Å². The van der Waals surface area contributed by atoms with E-state index in [1.165, 1.54) is 16.7 Å². The fourth-order valence-electron chi connectivity index (χ4n) is 3.68. The van der Waals surface area contributed by atoms with Crippen molar-refractivity contribution in [1.82, 2.24) is 0 Å². The van der Waals surface area contributed by atoms with E-state index in [-0.39, 0.29) is 10.8 Å². The van der Waals surface area contributed by atoms with Gasteiger partial charge in [-0.15, -0.1) is 0 Å². The van der Waals surface area contributed by atoms with Crippen molar-refractivity contribution < 1.29 is 0 Å². The molecule has 0 N–H and O–H groups in total. The Balaban J connectivity index is 3.47. The maximum atomic E-state index is 3.88. The Bertz CT molecular complexity index is 466. The fraction of sp³-hybridized carbons (Fsp3) is 0.474. The first-order valence-electron chi connectivity index (χ1n) is 7.17. The zero-order chi connectivity index (χ0) is 14.7. The topological polar surface area (TPSA) is 0 Å². The summed E-state index contributed by atoms with van der Waals surface area (Å²) in [5, 5.41) is 0. The second-order valence-corrected chi connectivity index (χ2v) is 6.16. The highest BCUT2D eigenvalue weighted by molar-refractivity contribution is 5.53. The van der Waals surface area contributed by atoms with Gasteiger partial charge >= 0.3 is 0 Å². The van der Waals surface area contributed by atoms with Crippen molar-refractivity contribution in [3.05, 3.63) is 59.8 Å². The zero-order valence-corrected chi connectivity index (χ0v) is 13.4. The van der Waals surface area contributed by atoms with Gasteiger partial charge in [0.2, 0.25) is 0 Å². The van der Waals surface area contributed by atoms with Gasteiger partial charge in [0, 0.05) is 5.41 Å². The number of rotatable bonds is 3. The van der Waals surface area contributed by atoms with Crippen LogP contribution in [0.3, 0.4) is 0 Å². The first-order valence-corrected chi connectivity index (χ1v) is 7.17. The van der Waals surface area contributed by atoms with Crippen LogP contribution in [0.4, 0.5) is 0 Å². The lowest BCUT2D eigenvalue weighted by atomic mass is 9.75. The molecule has 1 aliphatic carbocycles. The molecule has 0 amide bonds. The minimum atomic E-state index is 0.106. The summed E-state index contributed by atoms with van der Waals surface area (Å²) in [5.41, 5.74) is 4.58. The molecule has 1 unspecified atom stereocenters. The van der Waals surface area contributed by atoms with Gasteiger partial charge in [0.25, 0.3) is 0 Å². The summed E-state index contributed by atoms with van der Waals surface area (Å²) in [5.74, 6) is 0. The Morgan fingerprint density at radius 2 is 1.74 bits per heavy atom. The molecule has 0 heteroatoms. The van der Waals surface area contributed by atoms with Gasteiger partial charge in [0.1, 0.15) is 0 Å². The van der Waals surface area contributed by atoms with Crippen molar-refractivity contribution in [3.8, 4) is 0 Å². The lowest BCUT2D eigenvalue weighted by Crippen LogP contribution is -2.18. The number of hydrogen-bond donors (Lipinski definition) is 0. The predicted octanol–water partition coefficient (Wildman–Crippen LogP) is 6.00. The molecular weight excluding hydrogens is 228 g/mol. The van der Waals surface area contributed by atoms with E-state index >= 15 is 0 Å². The maximum absolute atomic E-state index is 3.88. The molecule has 19 heavy (non-hydrogen) atoms. The van der Waals surface area contributed by atoms with Crippen molar-refractivity contribution >= 4 is 0 Å². The predicted molar refractivity (Wildman–Crippen MR) is 87.1 cm³/mol. The van der Waals surface area contributed by atoms with E-state index < -0.39 is 0 Å². The Hall–Kier alpha value is -1.30. The van der Waals surface area contributed by atoms with Crippen LogP contribution in [0.25, 0.3) is 0 Å². The quantitative estimate of drug-likeness (QED) is 0.543. The van der Waals surface area contributed by atoms with E-state index in [0.29, 0.717) is 0 Å². The van der Waals surface area contributed by atoms with Crippen molar-refractivity contribution in [1.29, 1.82) is 0 Å². The summed E-state index contributed by atoms with van der Waals surface area (Å²) >= 11 is 0. The normalized spacial score (nSPS) is 31.6. The van der Waals surface area contributed by atoms with Gasteiger partial charge in [0.05, 0.1) is 0 Å². The molecule has 0 spiro atoms. The molecule has 0 aromatic carbocycles. The summed E-state index contributed by atoms with van der Waals surface area (Å²) in [6, 6.07) is 0. The average molecular weight is 256 g/mol. The van der Waals surface area contributed by atoms with E-state index in [0.717, 1.165) is 6.42 Å². The number of hydrogen-bond acceptors (Lipinski definition) is 0. The molecule has 1 saturated carbocycles. The van der Waals surface area contributed by atoms with Crippen LogP contribution < -0.4 is 0 Å². The molecule has 0 saturated heterocycles. The fourth-order valence-corrected chi connectivity index (χ4v) is 3.68. The first-order chi connectivity index (χ1) is 8.87. The summed E-state index contributed by atoms with van der Waals surface area (Å²) in [6.07, 6.45) is 14.1. The highest BCUT2D eigenvalue weighted by atomic mass is 14.5. The third-order valence-corrected chi connectivity index (χ3v) is 4.28. The SMILES string of the molecule is C=CC=C1/C(=C\C)C(C)(C(/C=C\C)=C/C)CC1(C)C. The molecule has 1 fully saturated rings. The van der Waals surface area contributed by atoms with Crippen molar-refractivity contribution in [2.24, 2.45) is 10.8 Å². The molecule has 1 rings (SSSR count). The Morgan fingerprint density at radius 3 is 2.16 bits per heavy atom. The highest BCUT2D eigenvalue weighted by Gasteiger charge is 2.47. The minimum Gasteiger partial charge on any atom is -0.0991 e. The standard InChI is InChI=1S/C19H28/c1-8-12-15(10-3)19(7)14-18(5,6)17(13-9-2)16(19)11-4/h8-13H,2,14H2,1,3-7H3/b12-8-,15-10+,16-11+,17-13?. The third-order valence-electron chi connectivity index (χ3n) is 4.28. The third kappa shape index (κ3) is 2.68. The van der Waals surface area contributed by atoms with Crippen molar-refractivity contribution in [2.75, 3.05) is 0 Å². The van der Waals surface area contributed by atoms with Crippen LogP contribution >= 0.6 is 0 Å². The largest absolute Gasteiger partial charge is 0.0991 e. The average Bonchev–Trinajstić information content (AvgIpc) is 2.54. The lowest BCUT2D eigenvalue weighted by molar-refractivity contribution is 0.359. The molecular formula is C19H28. The molecule has 1 atom stereocenters. The van der Waals surface area contributed by atoms with Crippen molar-refractivity contribution in [3.63, 3.8) is 0 Å². The molecule has 0 aromatic heterocycles. The van der Waals surface area contributed by atoms with E-state index in [1.54, 1.807) is 0 Å². The van der Waals surface area contributed by atoms with Crippen LogP contribution in [0.1, 0.15) is 48.0 Å². The van der Waals surface area contributed by atoms with E-state index in [2.05, 4.69) is 78.5 Å². The second kappa shape index (κ2) is 5.77. The molecule has 0 bridgehead atoms. The van der Waals surface area contributed by atoms with Gasteiger partial charge in [0.15, 0.2) is 0 Å². The molecule has 0 heterocycles. The van der Waals surface area contributed by atoms with Gasteiger partial charge < -0.3 is 0 Å². The Morgan fingerprint density at radius 1 is 1.11 bits per heavy atom. The molecule has 104 valence electrons. The highest BCUT2D eigenvalue weighted by Crippen LogP contribution is 2.59.